The predicted octanol–water partition coefficient (Wildman–Crippen LogP) is 14.1. The summed E-state index contributed by atoms with van der Waals surface area (Å²) in [6.45, 7) is 4.76. The monoisotopic (exact) mass is 699 g/mol. The Morgan fingerprint density at radius 2 is 0.855 bits per heavy atom. The molecule has 0 fully saturated rings. The van der Waals surface area contributed by atoms with Gasteiger partial charge in [0.25, 0.3) is 0 Å². The van der Waals surface area contributed by atoms with Crippen LogP contribution >= 0.6 is 0 Å². The van der Waals surface area contributed by atoms with Gasteiger partial charge in [0.2, 0.25) is 0 Å². The van der Waals surface area contributed by atoms with Crippen LogP contribution < -0.4 is 4.90 Å². The summed E-state index contributed by atoms with van der Waals surface area (Å²) in [4.78, 5) is 2.42. The second kappa shape index (κ2) is 10.9. The van der Waals surface area contributed by atoms with Crippen molar-refractivity contribution in [1.82, 2.24) is 0 Å². The van der Waals surface area contributed by atoms with Gasteiger partial charge in [-0.15, -0.1) is 0 Å². The topological polar surface area (TPSA) is 3.24 Å². The second-order valence-electron chi connectivity index (χ2n) is 16.1. The summed E-state index contributed by atoms with van der Waals surface area (Å²) in [5.74, 6) is 0. The van der Waals surface area contributed by atoms with Gasteiger partial charge < -0.3 is 4.90 Å². The summed E-state index contributed by atoms with van der Waals surface area (Å²) in [6.07, 6.45) is 0. The van der Waals surface area contributed by atoms with E-state index in [9.17, 15) is 0 Å². The third kappa shape index (κ3) is 3.97. The highest BCUT2D eigenvalue weighted by atomic mass is 15.1. The van der Waals surface area contributed by atoms with E-state index in [0.29, 0.717) is 0 Å². The fourth-order valence-electron chi connectivity index (χ4n) is 10.6. The average molecular weight is 700 g/mol. The molecule has 12 rings (SSSR count). The molecule has 0 unspecified atom stereocenters. The molecule has 9 aromatic rings. The summed E-state index contributed by atoms with van der Waals surface area (Å²) in [6, 6.07) is 70.5. The molecule has 0 bridgehead atoms. The van der Waals surface area contributed by atoms with Crippen LogP contribution in [0.1, 0.15) is 47.2 Å². The van der Waals surface area contributed by atoms with Crippen molar-refractivity contribution < 1.29 is 0 Å². The summed E-state index contributed by atoms with van der Waals surface area (Å²) >= 11 is 0. The van der Waals surface area contributed by atoms with E-state index in [0.717, 1.165) is 17.1 Å². The lowest BCUT2D eigenvalue weighted by atomic mass is 9.70. The molecule has 3 aliphatic carbocycles. The Kier molecular flexibility index (Phi) is 6.11. The fourth-order valence-corrected chi connectivity index (χ4v) is 10.6. The third-order valence-electron chi connectivity index (χ3n) is 13.0. The smallest absolute Gasteiger partial charge is 0.0726 e. The molecule has 55 heavy (non-hydrogen) atoms. The van der Waals surface area contributed by atoms with Crippen molar-refractivity contribution in [3.05, 3.63) is 221 Å². The van der Waals surface area contributed by atoms with Gasteiger partial charge in [-0.3, -0.25) is 0 Å². The molecule has 0 aromatic heterocycles. The molecular weight excluding hydrogens is 663 g/mol. The molecule has 0 heterocycles. The Labute approximate surface area is 321 Å². The van der Waals surface area contributed by atoms with Crippen LogP contribution in [0.2, 0.25) is 0 Å². The van der Waals surface area contributed by atoms with Crippen molar-refractivity contribution in [2.45, 2.75) is 24.7 Å². The molecule has 1 spiro atoms. The van der Waals surface area contributed by atoms with Gasteiger partial charge in [-0.2, -0.15) is 0 Å². The van der Waals surface area contributed by atoms with E-state index in [1.165, 1.54) is 88.3 Å². The van der Waals surface area contributed by atoms with Gasteiger partial charge in [0.1, 0.15) is 0 Å². The van der Waals surface area contributed by atoms with Crippen LogP contribution in [0, 0.1) is 0 Å². The normalized spacial score (nSPS) is 14.7. The fraction of sp³-hybridized carbons (Fsp3) is 0.0741. The Bertz CT molecular complexity index is 2990. The summed E-state index contributed by atoms with van der Waals surface area (Å²) in [7, 11) is 0. The Balaban J connectivity index is 1.02. The maximum Gasteiger partial charge on any atom is 0.0726 e. The molecule has 0 saturated carbocycles. The van der Waals surface area contributed by atoms with Crippen LogP contribution in [0.4, 0.5) is 17.1 Å². The van der Waals surface area contributed by atoms with Crippen molar-refractivity contribution in [1.29, 1.82) is 0 Å². The van der Waals surface area contributed by atoms with Gasteiger partial charge in [0.15, 0.2) is 0 Å². The quantitative estimate of drug-likeness (QED) is 0.165. The Morgan fingerprint density at radius 1 is 0.327 bits per heavy atom. The first-order valence-electron chi connectivity index (χ1n) is 19.4. The number of rotatable bonds is 4. The predicted molar refractivity (Wildman–Crippen MR) is 230 cm³/mol. The minimum atomic E-state index is -0.391. The van der Waals surface area contributed by atoms with Crippen molar-refractivity contribution in [3.63, 3.8) is 0 Å². The first-order valence-corrected chi connectivity index (χ1v) is 19.4. The highest BCUT2D eigenvalue weighted by Crippen LogP contribution is 2.63. The maximum atomic E-state index is 2.47. The van der Waals surface area contributed by atoms with Gasteiger partial charge in [-0.25, -0.2) is 0 Å². The van der Waals surface area contributed by atoms with Crippen LogP contribution in [0.3, 0.4) is 0 Å². The molecule has 0 aliphatic heterocycles. The molecule has 0 saturated heterocycles. The van der Waals surface area contributed by atoms with Crippen LogP contribution in [-0.2, 0) is 10.8 Å². The van der Waals surface area contributed by atoms with Crippen LogP contribution in [0.25, 0.3) is 54.9 Å². The van der Waals surface area contributed by atoms with Crippen molar-refractivity contribution >= 4 is 38.6 Å². The maximum absolute atomic E-state index is 2.47. The van der Waals surface area contributed by atoms with Crippen LogP contribution in [0.5, 0.6) is 0 Å². The molecular formula is C54H37N. The molecule has 1 nitrogen and oxygen atoms in total. The van der Waals surface area contributed by atoms with Gasteiger partial charge in [0.05, 0.1) is 5.41 Å². The standard InChI is InChI=1S/C54H37N/c1-53(2)48-22-12-13-35-23-24-36-31-37(32-50(53)52(36)51(35)48)34-25-27-39(28-26-34)55(38-14-4-3-5-15-38)40-29-30-44-43-18-8-11-21-47(43)54(49(44)33-40)45-19-9-6-16-41(45)42-17-7-10-20-46(42)54/h3-33H,1-2H3. The zero-order chi connectivity index (χ0) is 36.5. The number of fused-ring (bicyclic) bond motifs is 10. The number of para-hydroxylation sites is 1. The SMILES string of the molecule is CC1(C)c2cccc3ccc4cc(-c5ccc(N(c6ccccc6)c6ccc7c(c6)C6(c8ccccc8-c8ccccc86)c6ccccc6-7)cc5)cc1c4c23. The number of benzene rings is 9. The zero-order valence-electron chi connectivity index (χ0n) is 30.8. The lowest BCUT2D eigenvalue weighted by molar-refractivity contribution is 0.663. The van der Waals surface area contributed by atoms with E-state index < -0.39 is 5.41 Å². The highest BCUT2D eigenvalue weighted by molar-refractivity contribution is 6.15. The first-order chi connectivity index (χ1) is 27.0. The highest BCUT2D eigenvalue weighted by Gasteiger charge is 2.51. The van der Waals surface area contributed by atoms with Gasteiger partial charge in [-0.05, 0) is 137 Å². The van der Waals surface area contributed by atoms with Gasteiger partial charge in [0, 0.05) is 22.5 Å². The van der Waals surface area contributed by atoms with E-state index in [4.69, 9.17) is 0 Å². The van der Waals surface area contributed by atoms with E-state index in [-0.39, 0.29) is 5.41 Å². The number of anilines is 3. The van der Waals surface area contributed by atoms with Gasteiger partial charge >= 0.3 is 0 Å². The second-order valence-corrected chi connectivity index (χ2v) is 16.1. The van der Waals surface area contributed by atoms with E-state index >= 15 is 0 Å². The Hall–Kier alpha value is -6.70. The van der Waals surface area contributed by atoms with E-state index in [2.05, 4.69) is 207 Å². The van der Waals surface area contributed by atoms with Gasteiger partial charge in [-0.1, -0.05) is 153 Å². The number of hydrogen-bond acceptors (Lipinski definition) is 1. The first kappa shape index (κ1) is 30.7. The lowest BCUT2D eigenvalue weighted by Gasteiger charge is -2.32. The Morgan fingerprint density at radius 3 is 1.53 bits per heavy atom. The minimum Gasteiger partial charge on any atom is -0.310 e. The zero-order valence-corrected chi connectivity index (χ0v) is 30.8. The number of nitrogens with zero attached hydrogens (tertiary/aromatic N) is 1. The minimum absolute atomic E-state index is 0.0492. The summed E-state index contributed by atoms with van der Waals surface area (Å²) in [5.41, 5.74) is 19.0. The molecule has 258 valence electrons. The van der Waals surface area contributed by atoms with E-state index in [1.54, 1.807) is 0 Å². The molecule has 0 radical (unpaired) electrons. The average Bonchev–Trinajstić information content (AvgIpc) is 3.80. The van der Waals surface area contributed by atoms with Crippen LogP contribution in [-0.4, -0.2) is 0 Å². The van der Waals surface area contributed by atoms with Crippen molar-refractivity contribution in [3.8, 4) is 33.4 Å². The molecule has 9 aromatic carbocycles. The van der Waals surface area contributed by atoms with Crippen molar-refractivity contribution in [2.75, 3.05) is 4.90 Å². The molecule has 1 heteroatoms. The largest absolute Gasteiger partial charge is 0.310 e. The number of hydrogen-bond donors (Lipinski definition) is 0. The molecule has 0 amide bonds. The molecule has 0 atom stereocenters. The lowest BCUT2D eigenvalue weighted by Crippen LogP contribution is -2.26. The molecule has 0 N–H and O–H groups in total. The summed E-state index contributed by atoms with van der Waals surface area (Å²) in [5, 5.41) is 5.48. The molecule has 3 aliphatic rings. The third-order valence-corrected chi connectivity index (χ3v) is 13.0. The van der Waals surface area contributed by atoms with Crippen LogP contribution in [0.15, 0.2) is 188 Å². The van der Waals surface area contributed by atoms with Crippen molar-refractivity contribution in [2.24, 2.45) is 0 Å². The summed E-state index contributed by atoms with van der Waals surface area (Å²) < 4.78 is 0. The van der Waals surface area contributed by atoms with E-state index in [1.807, 2.05) is 0 Å².